The van der Waals surface area contributed by atoms with E-state index in [0.717, 1.165) is 38.1 Å². The lowest BCUT2D eigenvalue weighted by atomic mass is 9.92. The summed E-state index contributed by atoms with van der Waals surface area (Å²) in [5.74, 6) is 1.73. The third-order valence-electron chi connectivity index (χ3n) is 4.97. The van der Waals surface area contributed by atoms with Crippen LogP contribution in [0.25, 0.3) is 0 Å². The van der Waals surface area contributed by atoms with Gasteiger partial charge in [-0.1, -0.05) is 32.0 Å². The lowest BCUT2D eigenvalue weighted by molar-refractivity contribution is -0.135. The summed E-state index contributed by atoms with van der Waals surface area (Å²) in [6.45, 7) is 8.05. The number of amides is 1. The molecule has 2 N–H and O–H groups in total. The first-order valence-electron chi connectivity index (χ1n) is 8.78. The number of likely N-dealkylation sites (tertiary alicyclic amines) is 1. The molecule has 1 aromatic rings. The number of carbonyl (C=O) groups is 1. The zero-order valence-electron chi connectivity index (χ0n) is 15.0. The number of nitrogens with two attached hydrogens (primary N) is 1. The lowest BCUT2D eigenvalue weighted by Crippen LogP contribution is -2.46. The highest BCUT2D eigenvalue weighted by atomic mass is 35.5. The fourth-order valence-electron chi connectivity index (χ4n) is 3.14. The highest BCUT2D eigenvalue weighted by Gasteiger charge is 2.26. The Morgan fingerprint density at radius 2 is 2.08 bits per heavy atom. The molecule has 24 heavy (non-hydrogen) atoms. The van der Waals surface area contributed by atoms with E-state index in [2.05, 4.69) is 19.9 Å². The minimum absolute atomic E-state index is 0. The highest BCUT2D eigenvalue weighted by Crippen LogP contribution is 2.28. The zero-order valence-corrected chi connectivity index (χ0v) is 15.8. The summed E-state index contributed by atoms with van der Waals surface area (Å²) < 4.78 is 5.85. The molecule has 1 aliphatic rings. The van der Waals surface area contributed by atoms with E-state index in [1.165, 1.54) is 5.56 Å². The van der Waals surface area contributed by atoms with Gasteiger partial charge in [-0.25, -0.2) is 0 Å². The van der Waals surface area contributed by atoms with E-state index in [9.17, 15) is 4.79 Å². The van der Waals surface area contributed by atoms with E-state index in [1.807, 2.05) is 30.0 Å². The topological polar surface area (TPSA) is 55.6 Å². The van der Waals surface area contributed by atoms with Crippen LogP contribution in [-0.2, 0) is 4.79 Å². The Balaban J connectivity index is 0.00000288. The molecule has 0 radical (unpaired) electrons. The molecule has 1 aliphatic heterocycles. The smallest absolute Gasteiger partial charge is 0.260 e. The van der Waals surface area contributed by atoms with Crippen LogP contribution in [0, 0.1) is 5.92 Å². The number of piperidine rings is 1. The summed E-state index contributed by atoms with van der Waals surface area (Å²) in [6.07, 6.45) is 3.19. The first-order chi connectivity index (χ1) is 11.0. The predicted molar refractivity (Wildman–Crippen MR) is 101 cm³/mol. The van der Waals surface area contributed by atoms with Gasteiger partial charge < -0.3 is 15.4 Å². The van der Waals surface area contributed by atoms with E-state index in [1.54, 1.807) is 0 Å². The Morgan fingerprint density at radius 1 is 1.38 bits per heavy atom. The molecule has 1 amide bonds. The normalized spacial score (nSPS) is 20.0. The molecule has 3 atom stereocenters. The lowest BCUT2D eigenvalue weighted by Gasteiger charge is -2.34. The number of hydrogen-bond acceptors (Lipinski definition) is 3. The van der Waals surface area contributed by atoms with Gasteiger partial charge in [0, 0.05) is 19.1 Å². The number of benzene rings is 1. The van der Waals surface area contributed by atoms with Crippen molar-refractivity contribution in [2.24, 2.45) is 11.7 Å². The van der Waals surface area contributed by atoms with E-state index in [0.29, 0.717) is 11.8 Å². The number of hydrogen-bond donors (Lipinski definition) is 1. The number of carbonyl (C=O) groups excluding carboxylic acids is 1. The molecule has 0 aromatic heterocycles. The molecular formula is C19H31ClN2O2. The van der Waals surface area contributed by atoms with Crippen LogP contribution in [0.4, 0.5) is 0 Å². The molecular weight excluding hydrogens is 324 g/mol. The maximum absolute atomic E-state index is 12.5. The maximum atomic E-state index is 12.5. The van der Waals surface area contributed by atoms with Crippen molar-refractivity contribution < 1.29 is 9.53 Å². The van der Waals surface area contributed by atoms with Crippen LogP contribution in [0.5, 0.6) is 5.75 Å². The maximum Gasteiger partial charge on any atom is 0.260 e. The van der Waals surface area contributed by atoms with Crippen molar-refractivity contribution in [2.75, 3.05) is 19.7 Å². The number of para-hydroxylation sites is 1. The highest BCUT2D eigenvalue weighted by molar-refractivity contribution is 5.85. The van der Waals surface area contributed by atoms with Gasteiger partial charge in [0.25, 0.3) is 5.91 Å². The Bertz CT molecular complexity index is 522. The molecule has 4 nitrogen and oxygen atoms in total. The van der Waals surface area contributed by atoms with E-state index in [-0.39, 0.29) is 31.0 Å². The molecule has 3 unspecified atom stereocenters. The van der Waals surface area contributed by atoms with Gasteiger partial charge >= 0.3 is 0 Å². The van der Waals surface area contributed by atoms with Gasteiger partial charge in [0.2, 0.25) is 0 Å². The van der Waals surface area contributed by atoms with Crippen molar-refractivity contribution in [3.63, 3.8) is 0 Å². The van der Waals surface area contributed by atoms with Crippen LogP contribution in [0.15, 0.2) is 24.3 Å². The molecule has 1 fully saturated rings. The number of halogens is 1. The largest absolute Gasteiger partial charge is 0.483 e. The van der Waals surface area contributed by atoms with Gasteiger partial charge in [-0.3, -0.25) is 4.79 Å². The third kappa shape index (κ3) is 5.38. The van der Waals surface area contributed by atoms with Crippen LogP contribution in [0.3, 0.4) is 0 Å². The van der Waals surface area contributed by atoms with Crippen LogP contribution >= 0.6 is 12.4 Å². The van der Waals surface area contributed by atoms with Crippen molar-refractivity contribution in [1.29, 1.82) is 0 Å². The zero-order chi connectivity index (χ0) is 16.8. The molecule has 1 heterocycles. The second kappa shape index (κ2) is 9.90. The average Bonchev–Trinajstić information content (AvgIpc) is 2.59. The van der Waals surface area contributed by atoms with Gasteiger partial charge in [0.15, 0.2) is 6.61 Å². The van der Waals surface area contributed by atoms with Gasteiger partial charge in [-0.2, -0.15) is 0 Å². The standard InChI is InChI=1S/C19H30N2O2.ClH/c1-4-14(2)17-9-5-6-10-18(17)23-13-19(22)21-11-7-8-16(12-21)15(3)20;/h5-6,9-10,14-16H,4,7-8,11-13,20H2,1-3H3;1H. The Hall–Kier alpha value is -1.26. The fourth-order valence-corrected chi connectivity index (χ4v) is 3.14. The summed E-state index contributed by atoms with van der Waals surface area (Å²) in [4.78, 5) is 14.4. The average molecular weight is 355 g/mol. The molecule has 1 aromatic carbocycles. The van der Waals surface area contributed by atoms with Gasteiger partial charge in [-0.05, 0) is 49.7 Å². The second-order valence-corrected chi connectivity index (χ2v) is 6.74. The predicted octanol–water partition coefficient (Wildman–Crippen LogP) is 3.59. The van der Waals surface area contributed by atoms with Crippen LogP contribution in [0.2, 0.25) is 0 Å². The van der Waals surface area contributed by atoms with Crippen molar-refractivity contribution in [3.05, 3.63) is 29.8 Å². The van der Waals surface area contributed by atoms with Gasteiger partial charge in [0.05, 0.1) is 0 Å². The number of ether oxygens (including phenoxy) is 1. The molecule has 0 bridgehead atoms. The van der Waals surface area contributed by atoms with E-state index in [4.69, 9.17) is 10.5 Å². The minimum Gasteiger partial charge on any atom is -0.483 e. The molecule has 0 saturated carbocycles. The Labute approximate surface area is 152 Å². The summed E-state index contributed by atoms with van der Waals surface area (Å²) >= 11 is 0. The first-order valence-corrected chi connectivity index (χ1v) is 8.78. The Kier molecular flexibility index (Phi) is 8.57. The third-order valence-corrected chi connectivity index (χ3v) is 4.97. The molecule has 1 saturated heterocycles. The van der Waals surface area contributed by atoms with Crippen molar-refractivity contribution in [2.45, 2.75) is 52.0 Å². The molecule has 0 spiro atoms. The minimum atomic E-state index is 0. The number of rotatable bonds is 6. The summed E-state index contributed by atoms with van der Waals surface area (Å²) in [7, 11) is 0. The second-order valence-electron chi connectivity index (χ2n) is 6.74. The first kappa shape index (κ1) is 20.8. The van der Waals surface area contributed by atoms with E-state index < -0.39 is 0 Å². The Morgan fingerprint density at radius 3 is 2.75 bits per heavy atom. The summed E-state index contributed by atoms with van der Waals surface area (Å²) in [6, 6.07) is 8.15. The quantitative estimate of drug-likeness (QED) is 0.849. The molecule has 136 valence electrons. The summed E-state index contributed by atoms with van der Waals surface area (Å²) in [5.41, 5.74) is 7.17. The molecule has 5 heteroatoms. The fraction of sp³-hybridized carbons (Fsp3) is 0.632. The summed E-state index contributed by atoms with van der Waals surface area (Å²) in [5, 5.41) is 0. The van der Waals surface area contributed by atoms with Crippen molar-refractivity contribution in [3.8, 4) is 5.75 Å². The van der Waals surface area contributed by atoms with E-state index >= 15 is 0 Å². The SMILES string of the molecule is CCC(C)c1ccccc1OCC(=O)N1CCCC(C(C)N)C1.Cl. The van der Waals surface area contributed by atoms with Crippen LogP contribution in [0.1, 0.15) is 51.5 Å². The monoisotopic (exact) mass is 354 g/mol. The van der Waals surface area contributed by atoms with Crippen LogP contribution in [-0.4, -0.2) is 36.5 Å². The van der Waals surface area contributed by atoms with Crippen LogP contribution < -0.4 is 10.5 Å². The van der Waals surface area contributed by atoms with Gasteiger partial charge in [-0.15, -0.1) is 12.4 Å². The van der Waals surface area contributed by atoms with Gasteiger partial charge in [0.1, 0.15) is 5.75 Å². The van der Waals surface area contributed by atoms with Crippen molar-refractivity contribution in [1.82, 2.24) is 4.90 Å². The number of nitrogens with zero attached hydrogens (tertiary/aromatic N) is 1. The van der Waals surface area contributed by atoms with Crippen molar-refractivity contribution >= 4 is 18.3 Å². The molecule has 2 rings (SSSR count). The molecule has 0 aliphatic carbocycles.